The quantitative estimate of drug-likeness (QED) is 0.911. The van der Waals surface area contributed by atoms with Crippen molar-refractivity contribution in [3.05, 3.63) is 33.8 Å². The molecule has 1 aliphatic heterocycles. The summed E-state index contributed by atoms with van der Waals surface area (Å²) in [4.78, 5) is 2.64. The highest BCUT2D eigenvalue weighted by Crippen LogP contribution is 2.32. The first-order valence-corrected chi connectivity index (χ1v) is 7.90. The lowest BCUT2D eigenvalue weighted by atomic mass is 9.89. The molecule has 1 aliphatic carbocycles. The average Bonchev–Trinajstić information content (AvgIpc) is 2.85. The summed E-state index contributed by atoms with van der Waals surface area (Å²) in [5.41, 5.74) is 1.16. The second-order valence-electron chi connectivity index (χ2n) is 5.62. The van der Waals surface area contributed by atoms with Crippen LogP contribution in [0.15, 0.2) is 18.2 Å². The molecule has 1 atom stereocenters. The zero-order valence-electron chi connectivity index (χ0n) is 11.0. The van der Waals surface area contributed by atoms with Gasteiger partial charge < -0.3 is 5.32 Å². The van der Waals surface area contributed by atoms with Gasteiger partial charge in [-0.3, -0.25) is 4.90 Å². The Labute approximate surface area is 125 Å². The molecule has 1 N–H and O–H groups in total. The summed E-state index contributed by atoms with van der Waals surface area (Å²) in [5, 5.41) is 4.85. The number of benzene rings is 1. The summed E-state index contributed by atoms with van der Waals surface area (Å²) in [6, 6.07) is 7.34. The molecular formula is C15H20Cl2N2. The first-order valence-electron chi connectivity index (χ1n) is 7.15. The molecule has 0 radical (unpaired) electrons. The summed E-state index contributed by atoms with van der Waals surface area (Å²) in [6.45, 7) is 3.17. The van der Waals surface area contributed by atoms with Gasteiger partial charge in [0.1, 0.15) is 0 Å². The van der Waals surface area contributed by atoms with Crippen LogP contribution in [0, 0.1) is 0 Å². The van der Waals surface area contributed by atoms with E-state index in [1.165, 1.54) is 25.7 Å². The molecule has 0 spiro atoms. The lowest BCUT2D eigenvalue weighted by Crippen LogP contribution is -2.47. The number of halogens is 2. The van der Waals surface area contributed by atoms with Crippen molar-refractivity contribution in [1.29, 1.82) is 0 Å². The molecule has 1 saturated heterocycles. The van der Waals surface area contributed by atoms with Gasteiger partial charge in [-0.15, -0.1) is 0 Å². The van der Waals surface area contributed by atoms with Gasteiger partial charge in [-0.1, -0.05) is 41.8 Å². The molecule has 4 heteroatoms. The van der Waals surface area contributed by atoms with E-state index in [0.29, 0.717) is 11.1 Å². The predicted molar refractivity (Wildman–Crippen MR) is 80.9 cm³/mol. The van der Waals surface area contributed by atoms with E-state index in [0.717, 1.165) is 36.3 Å². The van der Waals surface area contributed by atoms with Gasteiger partial charge in [-0.25, -0.2) is 0 Å². The number of nitrogens with one attached hydrogen (secondary N) is 1. The minimum atomic E-state index is 0.653. The van der Waals surface area contributed by atoms with Crippen LogP contribution in [-0.4, -0.2) is 30.1 Å². The van der Waals surface area contributed by atoms with Crippen LogP contribution in [0.25, 0.3) is 0 Å². The molecule has 0 aromatic heterocycles. The van der Waals surface area contributed by atoms with E-state index in [9.17, 15) is 0 Å². The van der Waals surface area contributed by atoms with Crippen LogP contribution in [0.1, 0.15) is 31.2 Å². The molecule has 2 aliphatic rings. The number of rotatable bonds is 4. The number of hydrogen-bond acceptors (Lipinski definition) is 2. The topological polar surface area (TPSA) is 15.3 Å². The van der Waals surface area contributed by atoms with E-state index in [2.05, 4.69) is 16.3 Å². The third-order valence-electron chi connectivity index (χ3n) is 4.43. The molecule has 1 aromatic carbocycles. The Morgan fingerprint density at radius 2 is 2.00 bits per heavy atom. The van der Waals surface area contributed by atoms with Crippen LogP contribution < -0.4 is 5.32 Å². The van der Waals surface area contributed by atoms with Crippen molar-refractivity contribution in [3.8, 4) is 0 Å². The third kappa shape index (κ3) is 2.92. The molecule has 0 unspecified atom stereocenters. The molecular weight excluding hydrogens is 279 g/mol. The van der Waals surface area contributed by atoms with Crippen molar-refractivity contribution in [2.75, 3.05) is 13.1 Å². The van der Waals surface area contributed by atoms with Crippen LogP contribution in [-0.2, 0) is 6.54 Å². The minimum Gasteiger partial charge on any atom is -0.315 e. The monoisotopic (exact) mass is 298 g/mol. The summed E-state index contributed by atoms with van der Waals surface area (Å²) in [7, 11) is 0. The van der Waals surface area contributed by atoms with Gasteiger partial charge in [0, 0.05) is 25.2 Å². The van der Waals surface area contributed by atoms with Gasteiger partial charge >= 0.3 is 0 Å². The van der Waals surface area contributed by atoms with Crippen LogP contribution in [0.3, 0.4) is 0 Å². The van der Waals surface area contributed by atoms with E-state index in [-0.39, 0.29) is 0 Å². The van der Waals surface area contributed by atoms with Crippen LogP contribution in [0.4, 0.5) is 0 Å². The molecule has 1 aromatic rings. The maximum absolute atomic E-state index is 6.34. The van der Waals surface area contributed by atoms with E-state index in [1.807, 2.05) is 12.1 Å². The van der Waals surface area contributed by atoms with Gasteiger partial charge in [-0.05, 0) is 37.4 Å². The summed E-state index contributed by atoms with van der Waals surface area (Å²) in [6.07, 6.45) is 5.27. The van der Waals surface area contributed by atoms with E-state index in [4.69, 9.17) is 23.2 Å². The molecule has 0 bridgehead atoms. The fourth-order valence-corrected chi connectivity index (χ4v) is 3.44. The number of nitrogens with zero attached hydrogens (tertiary/aromatic N) is 1. The zero-order valence-corrected chi connectivity index (χ0v) is 12.6. The van der Waals surface area contributed by atoms with Crippen LogP contribution in [0.2, 0.25) is 10.0 Å². The van der Waals surface area contributed by atoms with E-state index >= 15 is 0 Å². The van der Waals surface area contributed by atoms with Crippen molar-refractivity contribution in [2.24, 2.45) is 0 Å². The summed E-state index contributed by atoms with van der Waals surface area (Å²) < 4.78 is 0. The van der Waals surface area contributed by atoms with Gasteiger partial charge in [0.15, 0.2) is 0 Å². The normalized spacial score (nSPS) is 23.8. The van der Waals surface area contributed by atoms with Crippen LogP contribution >= 0.6 is 23.2 Å². The standard InChI is InChI=1S/C15H20Cl2N2/c16-14-6-1-3-11(15(14)17)10-19(12-4-2-5-12)13-7-8-18-9-13/h1,3,6,12-13,18H,2,4-5,7-10H2/t13-/m0/s1. The predicted octanol–water partition coefficient (Wildman–Crippen LogP) is 3.71. The zero-order chi connectivity index (χ0) is 13.2. The van der Waals surface area contributed by atoms with Crippen LogP contribution in [0.5, 0.6) is 0 Å². The molecule has 104 valence electrons. The highest BCUT2D eigenvalue weighted by atomic mass is 35.5. The SMILES string of the molecule is Clc1cccc(CN(C2CCC2)[C@H]2CCNC2)c1Cl. The highest BCUT2D eigenvalue weighted by molar-refractivity contribution is 6.42. The van der Waals surface area contributed by atoms with Crippen molar-refractivity contribution in [2.45, 2.75) is 44.3 Å². The van der Waals surface area contributed by atoms with Crippen molar-refractivity contribution in [1.82, 2.24) is 10.2 Å². The van der Waals surface area contributed by atoms with Gasteiger partial charge in [-0.2, -0.15) is 0 Å². The van der Waals surface area contributed by atoms with Gasteiger partial charge in [0.05, 0.1) is 10.0 Å². The second-order valence-corrected chi connectivity index (χ2v) is 6.40. The Bertz CT molecular complexity index is 440. The Balaban J connectivity index is 1.78. The fourth-order valence-electron chi connectivity index (χ4n) is 3.06. The molecule has 2 fully saturated rings. The van der Waals surface area contributed by atoms with Gasteiger partial charge in [0.25, 0.3) is 0 Å². The smallest absolute Gasteiger partial charge is 0.0637 e. The Morgan fingerprint density at radius 3 is 2.63 bits per heavy atom. The largest absolute Gasteiger partial charge is 0.315 e. The lowest BCUT2D eigenvalue weighted by molar-refractivity contribution is 0.0791. The van der Waals surface area contributed by atoms with Crippen molar-refractivity contribution >= 4 is 23.2 Å². The molecule has 19 heavy (non-hydrogen) atoms. The second kappa shape index (κ2) is 6.01. The molecule has 1 heterocycles. The van der Waals surface area contributed by atoms with Crippen molar-refractivity contribution in [3.63, 3.8) is 0 Å². The Kier molecular flexibility index (Phi) is 4.33. The minimum absolute atomic E-state index is 0.653. The summed E-state index contributed by atoms with van der Waals surface area (Å²) in [5.74, 6) is 0. The molecule has 1 saturated carbocycles. The first-order chi connectivity index (χ1) is 9.25. The number of hydrogen-bond donors (Lipinski definition) is 1. The fraction of sp³-hybridized carbons (Fsp3) is 0.600. The van der Waals surface area contributed by atoms with Crippen molar-refractivity contribution < 1.29 is 0 Å². The maximum Gasteiger partial charge on any atom is 0.0637 e. The average molecular weight is 299 g/mol. The molecule has 2 nitrogen and oxygen atoms in total. The summed E-state index contributed by atoms with van der Waals surface area (Å²) >= 11 is 12.5. The molecule has 3 rings (SSSR count). The van der Waals surface area contributed by atoms with E-state index in [1.54, 1.807) is 0 Å². The molecule has 0 amide bonds. The highest BCUT2D eigenvalue weighted by Gasteiger charge is 2.32. The van der Waals surface area contributed by atoms with Gasteiger partial charge in [0.2, 0.25) is 0 Å². The Hall–Kier alpha value is -0.280. The first kappa shape index (κ1) is 13.7. The third-order valence-corrected chi connectivity index (χ3v) is 5.29. The van der Waals surface area contributed by atoms with E-state index < -0.39 is 0 Å². The maximum atomic E-state index is 6.34. The Morgan fingerprint density at radius 1 is 1.16 bits per heavy atom. The lowest BCUT2D eigenvalue weighted by Gasteiger charge is -2.41.